The summed E-state index contributed by atoms with van der Waals surface area (Å²) in [5.41, 5.74) is 0.827. The molecule has 2 heterocycles. The topological polar surface area (TPSA) is 80.5 Å². The van der Waals surface area contributed by atoms with Crippen molar-refractivity contribution in [3.63, 3.8) is 0 Å². The predicted molar refractivity (Wildman–Crippen MR) is 109 cm³/mol. The summed E-state index contributed by atoms with van der Waals surface area (Å²) in [6, 6.07) is 11.6. The number of nitrogens with one attached hydrogen (secondary N) is 1. The highest BCUT2D eigenvalue weighted by molar-refractivity contribution is 5.91. The van der Waals surface area contributed by atoms with Crippen molar-refractivity contribution in [2.45, 2.75) is 26.3 Å². The molecule has 7 heteroatoms. The first-order valence-corrected chi connectivity index (χ1v) is 9.42. The van der Waals surface area contributed by atoms with E-state index in [0.717, 1.165) is 16.7 Å². The number of carbonyl (C=O) groups excluding carboxylic acids is 1. The zero-order chi connectivity index (χ0) is 19.9. The smallest absolute Gasteiger partial charge is 0.221 e. The molecule has 1 N–H and O–H groups in total. The molecule has 0 bridgehead atoms. The van der Waals surface area contributed by atoms with Gasteiger partial charge in [-0.05, 0) is 38.1 Å². The van der Waals surface area contributed by atoms with Crippen molar-refractivity contribution in [3.8, 4) is 11.6 Å². The van der Waals surface area contributed by atoms with Crippen molar-refractivity contribution in [1.29, 1.82) is 0 Å². The van der Waals surface area contributed by atoms with E-state index in [-0.39, 0.29) is 11.9 Å². The minimum atomic E-state index is 0.0158. The van der Waals surface area contributed by atoms with E-state index < -0.39 is 0 Å². The number of aromatic nitrogens is 2. The first-order chi connectivity index (χ1) is 13.6. The van der Waals surface area contributed by atoms with Gasteiger partial charge in [-0.2, -0.15) is 0 Å². The highest BCUT2D eigenvalue weighted by Crippen LogP contribution is 2.27. The average Bonchev–Trinajstić information content (AvgIpc) is 3.22. The molecule has 0 fully saturated rings. The van der Waals surface area contributed by atoms with Crippen LogP contribution >= 0.6 is 0 Å². The Morgan fingerprint density at radius 2 is 2.00 bits per heavy atom. The monoisotopic (exact) mass is 382 g/mol. The lowest BCUT2D eigenvalue weighted by Crippen LogP contribution is -2.36. The number of rotatable bonds is 9. The Hall–Kier alpha value is -2.93. The van der Waals surface area contributed by atoms with E-state index in [1.165, 1.54) is 0 Å². The third-order valence-electron chi connectivity index (χ3n) is 4.25. The number of benzene rings is 1. The molecule has 0 atom stereocenters. The summed E-state index contributed by atoms with van der Waals surface area (Å²) in [4.78, 5) is 23.6. The zero-order valence-corrected chi connectivity index (χ0v) is 16.5. The van der Waals surface area contributed by atoms with Crippen LogP contribution < -0.4 is 10.2 Å². The van der Waals surface area contributed by atoms with Gasteiger partial charge in [-0.1, -0.05) is 12.1 Å². The molecule has 28 heavy (non-hydrogen) atoms. The number of methoxy groups -OCH3 is 1. The lowest BCUT2D eigenvalue weighted by Gasteiger charge is -2.25. The second-order valence-electron chi connectivity index (χ2n) is 6.82. The van der Waals surface area contributed by atoms with Gasteiger partial charge in [0.2, 0.25) is 5.91 Å². The van der Waals surface area contributed by atoms with Gasteiger partial charge in [0.15, 0.2) is 11.6 Å². The van der Waals surface area contributed by atoms with Crippen molar-refractivity contribution in [3.05, 3.63) is 42.7 Å². The lowest BCUT2D eigenvalue weighted by atomic mass is 10.2. The van der Waals surface area contributed by atoms with E-state index in [1.807, 2.05) is 50.2 Å². The molecule has 148 valence electrons. The van der Waals surface area contributed by atoms with Crippen LogP contribution in [-0.4, -0.2) is 48.7 Å². The highest BCUT2D eigenvalue weighted by Gasteiger charge is 2.17. The standard InChI is InChI=1S/C21H26N4O3/c1-15(2)22-19(26)10-11-25(12-14-27-3)21-16-7-4-5-8-17(16)23-20(24-21)18-9-6-13-28-18/h4-9,13,15H,10-12,14H2,1-3H3,(H,22,26). The Balaban J connectivity index is 1.96. The van der Waals surface area contributed by atoms with E-state index in [4.69, 9.17) is 14.1 Å². The molecule has 0 spiro atoms. The molecule has 0 aliphatic heterocycles. The quantitative estimate of drug-likeness (QED) is 0.612. The summed E-state index contributed by atoms with van der Waals surface area (Å²) in [6.45, 7) is 5.58. The van der Waals surface area contributed by atoms with Crippen molar-refractivity contribution >= 4 is 22.6 Å². The summed E-state index contributed by atoms with van der Waals surface area (Å²) < 4.78 is 10.8. The van der Waals surface area contributed by atoms with Crippen LogP contribution in [0.4, 0.5) is 5.82 Å². The maximum absolute atomic E-state index is 12.2. The molecule has 0 radical (unpaired) electrons. The largest absolute Gasteiger partial charge is 0.461 e. The molecule has 0 saturated heterocycles. The fourth-order valence-electron chi connectivity index (χ4n) is 2.97. The first-order valence-electron chi connectivity index (χ1n) is 9.42. The molecule has 3 rings (SSSR count). The number of carbonyl (C=O) groups is 1. The number of ether oxygens (including phenoxy) is 1. The molecule has 0 saturated carbocycles. The number of hydrogen-bond donors (Lipinski definition) is 1. The van der Waals surface area contributed by atoms with Gasteiger partial charge in [0.05, 0.1) is 18.4 Å². The molecule has 0 aliphatic carbocycles. The van der Waals surface area contributed by atoms with Gasteiger partial charge >= 0.3 is 0 Å². The maximum Gasteiger partial charge on any atom is 0.221 e. The second kappa shape index (κ2) is 9.32. The normalized spacial score (nSPS) is 11.1. The van der Waals surface area contributed by atoms with Gasteiger partial charge in [-0.15, -0.1) is 0 Å². The fraction of sp³-hybridized carbons (Fsp3) is 0.381. The molecule has 0 aliphatic rings. The lowest BCUT2D eigenvalue weighted by molar-refractivity contribution is -0.121. The van der Waals surface area contributed by atoms with E-state index in [2.05, 4.69) is 15.2 Å². The highest BCUT2D eigenvalue weighted by atomic mass is 16.5. The molecule has 1 amide bonds. The molecule has 3 aromatic rings. The van der Waals surface area contributed by atoms with Crippen molar-refractivity contribution in [2.75, 3.05) is 31.7 Å². The SMILES string of the molecule is COCCN(CCC(=O)NC(C)C)c1nc(-c2ccco2)nc2ccccc12. The molecule has 2 aromatic heterocycles. The van der Waals surface area contributed by atoms with E-state index in [9.17, 15) is 4.79 Å². The summed E-state index contributed by atoms with van der Waals surface area (Å²) >= 11 is 0. The Labute approximate surface area is 164 Å². The minimum Gasteiger partial charge on any atom is -0.461 e. The summed E-state index contributed by atoms with van der Waals surface area (Å²) in [5, 5.41) is 3.86. The van der Waals surface area contributed by atoms with Crippen LogP contribution in [0, 0.1) is 0 Å². The third kappa shape index (κ3) is 4.86. The number of amides is 1. The first kappa shape index (κ1) is 19.8. The van der Waals surface area contributed by atoms with Crippen LogP contribution in [0.5, 0.6) is 0 Å². The van der Waals surface area contributed by atoms with Crippen LogP contribution in [0.3, 0.4) is 0 Å². The van der Waals surface area contributed by atoms with Crippen molar-refractivity contribution in [1.82, 2.24) is 15.3 Å². The molecular weight excluding hydrogens is 356 g/mol. The predicted octanol–water partition coefficient (Wildman–Crippen LogP) is 3.26. The summed E-state index contributed by atoms with van der Waals surface area (Å²) in [7, 11) is 1.66. The number of para-hydroxylation sites is 1. The van der Waals surface area contributed by atoms with Crippen LogP contribution in [0.1, 0.15) is 20.3 Å². The second-order valence-corrected chi connectivity index (χ2v) is 6.82. The third-order valence-corrected chi connectivity index (χ3v) is 4.25. The van der Waals surface area contributed by atoms with Crippen LogP contribution in [0.2, 0.25) is 0 Å². The molecule has 0 unspecified atom stereocenters. The van der Waals surface area contributed by atoms with Crippen molar-refractivity contribution in [2.24, 2.45) is 0 Å². The Kier molecular flexibility index (Phi) is 6.60. The maximum atomic E-state index is 12.2. The Bertz CT molecular complexity index is 909. The minimum absolute atomic E-state index is 0.0158. The van der Waals surface area contributed by atoms with Gasteiger partial charge in [-0.25, -0.2) is 9.97 Å². The fourth-order valence-corrected chi connectivity index (χ4v) is 2.97. The number of furan rings is 1. The zero-order valence-electron chi connectivity index (χ0n) is 16.5. The number of fused-ring (bicyclic) bond motifs is 1. The van der Waals surface area contributed by atoms with Gasteiger partial charge in [0, 0.05) is 38.0 Å². The van der Waals surface area contributed by atoms with Gasteiger partial charge in [0.1, 0.15) is 5.82 Å². The van der Waals surface area contributed by atoms with Gasteiger partial charge < -0.3 is 19.4 Å². The van der Waals surface area contributed by atoms with E-state index in [1.54, 1.807) is 13.4 Å². The molecule has 1 aromatic carbocycles. The van der Waals surface area contributed by atoms with Gasteiger partial charge in [0.25, 0.3) is 0 Å². The molecule has 7 nitrogen and oxygen atoms in total. The summed E-state index contributed by atoms with van der Waals surface area (Å²) in [6.07, 6.45) is 1.98. The Morgan fingerprint density at radius 3 is 2.71 bits per heavy atom. The number of hydrogen-bond acceptors (Lipinski definition) is 6. The van der Waals surface area contributed by atoms with Crippen molar-refractivity contribution < 1.29 is 13.9 Å². The number of anilines is 1. The van der Waals surface area contributed by atoms with Crippen LogP contribution in [-0.2, 0) is 9.53 Å². The number of nitrogens with zero attached hydrogens (tertiary/aromatic N) is 3. The van der Waals surface area contributed by atoms with Gasteiger partial charge in [-0.3, -0.25) is 4.79 Å². The summed E-state index contributed by atoms with van der Waals surface area (Å²) in [5.74, 6) is 1.91. The van der Waals surface area contributed by atoms with Crippen LogP contribution in [0.15, 0.2) is 47.1 Å². The average molecular weight is 382 g/mol. The van der Waals surface area contributed by atoms with E-state index >= 15 is 0 Å². The van der Waals surface area contributed by atoms with Crippen LogP contribution in [0.25, 0.3) is 22.5 Å². The van der Waals surface area contributed by atoms with E-state index in [0.29, 0.717) is 37.7 Å². The molecular formula is C21H26N4O3. The Morgan fingerprint density at radius 1 is 1.18 bits per heavy atom.